The van der Waals surface area contributed by atoms with E-state index in [-0.39, 0.29) is 11.6 Å². The third-order valence-electron chi connectivity index (χ3n) is 4.41. The molecule has 1 unspecified atom stereocenters. The van der Waals surface area contributed by atoms with E-state index < -0.39 is 29.6 Å². The molecule has 3 nitrogen and oxygen atoms in total. The third kappa shape index (κ3) is 13.3. The van der Waals surface area contributed by atoms with Crippen molar-refractivity contribution < 1.29 is 31.1 Å². The summed E-state index contributed by atoms with van der Waals surface area (Å²) in [6.45, 7) is 6.60. The van der Waals surface area contributed by atoms with Gasteiger partial charge in [-0.25, -0.2) is 5.01 Å². The van der Waals surface area contributed by atoms with Crippen LogP contribution >= 0.6 is 0 Å². The molecule has 0 aliphatic rings. The summed E-state index contributed by atoms with van der Waals surface area (Å²) in [5.41, 5.74) is -1.60. The maximum absolute atomic E-state index is 12.5. The number of hydrogen-bond acceptors (Lipinski definition) is 3. The normalized spacial score (nSPS) is 12.4. The van der Waals surface area contributed by atoms with Crippen LogP contribution in [0, 0.1) is 0 Å². The molecular formula is C24H34F6N2O. The fraction of sp³-hybridized carbons (Fsp3) is 0.500. The summed E-state index contributed by atoms with van der Waals surface area (Å²) in [6, 6.07) is 11.5. The predicted octanol–water partition coefficient (Wildman–Crippen LogP) is 7.62. The molecule has 0 aliphatic carbocycles. The van der Waals surface area contributed by atoms with Crippen LogP contribution in [-0.2, 0) is 23.6 Å². The third-order valence-corrected chi connectivity index (χ3v) is 4.41. The molecule has 2 N–H and O–H groups in total. The number of nitrogens with two attached hydrogens (primary N) is 1. The number of unbranched alkanes of at least 4 members (excludes halogenated alkanes) is 2. The van der Waals surface area contributed by atoms with Gasteiger partial charge in [0, 0.05) is 20.7 Å². The number of benzene rings is 2. The Morgan fingerprint density at radius 3 is 1.64 bits per heavy atom. The van der Waals surface area contributed by atoms with E-state index in [0.717, 1.165) is 6.54 Å². The quantitative estimate of drug-likeness (QED) is 0.263. The van der Waals surface area contributed by atoms with Crippen molar-refractivity contribution in [2.75, 3.05) is 14.2 Å². The first-order valence-corrected chi connectivity index (χ1v) is 10.6. The van der Waals surface area contributed by atoms with Gasteiger partial charge in [-0.2, -0.15) is 26.3 Å². The monoisotopic (exact) mass is 480 g/mol. The molecule has 0 radical (unpaired) electrons. The number of halogens is 6. The van der Waals surface area contributed by atoms with Gasteiger partial charge in [-0.05, 0) is 36.2 Å². The Kier molecular flexibility index (Phi) is 14.0. The molecule has 0 fully saturated rings. The van der Waals surface area contributed by atoms with Crippen LogP contribution in [0.5, 0.6) is 0 Å². The molecule has 2 rings (SSSR count). The summed E-state index contributed by atoms with van der Waals surface area (Å²) >= 11 is 0. The first kappa shape index (κ1) is 30.9. The van der Waals surface area contributed by atoms with Gasteiger partial charge in [0.25, 0.3) is 0 Å². The van der Waals surface area contributed by atoms with Gasteiger partial charge in [0.15, 0.2) is 0 Å². The van der Waals surface area contributed by atoms with Crippen LogP contribution in [0.25, 0.3) is 0 Å². The smallest absolute Gasteiger partial charge is 0.377 e. The molecule has 0 saturated carbocycles. The van der Waals surface area contributed by atoms with Crippen molar-refractivity contribution in [2.24, 2.45) is 5.84 Å². The van der Waals surface area contributed by atoms with Crippen LogP contribution in [0.3, 0.4) is 0 Å². The summed E-state index contributed by atoms with van der Waals surface area (Å²) in [6.07, 6.45) is -6.44. The van der Waals surface area contributed by atoms with Gasteiger partial charge in [0.05, 0.1) is 17.2 Å². The van der Waals surface area contributed by atoms with Gasteiger partial charge in [0.2, 0.25) is 0 Å². The topological polar surface area (TPSA) is 38.5 Å². The van der Waals surface area contributed by atoms with Crippen LogP contribution in [0.2, 0.25) is 0 Å². The fourth-order valence-corrected chi connectivity index (χ4v) is 2.57. The molecular weight excluding hydrogens is 446 g/mol. The number of alkyl halides is 6. The minimum absolute atomic E-state index is 0.0892. The standard InChI is InChI=1S/C11H10F6O.C8H12N2.C5H12/c1-6(18-2)7-3-8(10(12,13)14)5-9(4-7)11(15,16)17;1-10(9)7-8-5-3-2-4-6-8;1-3-5-4-2/h3-6H,1-2H3;2-6H,7,9H2,1H3;3-5H2,1-2H3. The van der Waals surface area contributed by atoms with Crippen molar-refractivity contribution in [3.05, 3.63) is 70.8 Å². The van der Waals surface area contributed by atoms with Crippen LogP contribution in [0.15, 0.2) is 48.5 Å². The Bertz CT molecular complexity index is 743. The highest BCUT2D eigenvalue weighted by atomic mass is 19.4. The Hall–Kier alpha value is -2.10. The Labute approximate surface area is 192 Å². The van der Waals surface area contributed by atoms with Crippen molar-refractivity contribution in [3.8, 4) is 0 Å². The lowest BCUT2D eigenvalue weighted by molar-refractivity contribution is -0.143. The highest BCUT2D eigenvalue weighted by Crippen LogP contribution is 2.37. The second-order valence-corrected chi connectivity index (χ2v) is 7.47. The van der Waals surface area contributed by atoms with E-state index in [2.05, 4.69) is 26.0 Å². The van der Waals surface area contributed by atoms with Gasteiger partial charge in [-0.15, -0.1) is 0 Å². The first-order chi connectivity index (χ1) is 15.3. The molecule has 0 amide bonds. The van der Waals surface area contributed by atoms with E-state index in [0.29, 0.717) is 12.1 Å². The lowest BCUT2D eigenvalue weighted by Gasteiger charge is -2.17. The molecule has 2 aromatic carbocycles. The van der Waals surface area contributed by atoms with E-state index in [4.69, 9.17) is 10.6 Å². The molecule has 0 spiro atoms. The molecule has 0 saturated heterocycles. The number of nitrogens with zero attached hydrogens (tertiary/aromatic N) is 1. The predicted molar refractivity (Wildman–Crippen MR) is 119 cm³/mol. The lowest BCUT2D eigenvalue weighted by atomic mass is 10.0. The molecule has 0 aromatic heterocycles. The highest BCUT2D eigenvalue weighted by molar-refractivity contribution is 5.34. The zero-order valence-corrected chi connectivity index (χ0v) is 19.7. The van der Waals surface area contributed by atoms with Crippen molar-refractivity contribution in [1.82, 2.24) is 5.01 Å². The molecule has 188 valence electrons. The highest BCUT2D eigenvalue weighted by Gasteiger charge is 2.37. The Morgan fingerprint density at radius 2 is 1.33 bits per heavy atom. The van der Waals surface area contributed by atoms with E-state index >= 15 is 0 Å². The minimum atomic E-state index is -4.83. The van der Waals surface area contributed by atoms with E-state index in [1.54, 1.807) is 5.01 Å². The van der Waals surface area contributed by atoms with Crippen molar-refractivity contribution in [2.45, 2.75) is 65.0 Å². The number of ether oxygens (including phenoxy) is 1. The number of hydrogen-bond donors (Lipinski definition) is 1. The Balaban J connectivity index is 0.000000569. The molecule has 1 atom stereocenters. The zero-order valence-electron chi connectivity index (χ0n) is 19.7. The molecule has 9 heteroatoms. The van der Waals surface area contributed by atoms with Gasteiger partial charge >= 0.3 is 12.4 Å². The average Bonchev–Trinajstić information content (AvgIpc) is 2.73. The van der Waals surface area contributed by atoms with Crippen molar-refractivity contribution >= 4 is 0 Å². The number of hydrazine groups is 1. The summed E-state index contributed by atoms with van der Waals surface area (Å²) < 4.78 is 79.7. The lowest BCUT2D eigenvalue weighted by Crippen LogP contribution is -2.24. The molecule has 0 heterocycles. The maximum Gasteiger partial charge on any atom is 0.416 e. The molecule has 2 aromatic rings. The number of rotatable bonds is 6. The molecule has 0 aliphatic heterocycles. The van der Waals surface area contributed by atoms with E-state index in [1.807, 2.05) is 25.2 Å². The van der Waals surface area contributed by atoms with Gasteiger partial charge < -0.3 is 4.74 Å². The van der Waals surface area contributed by atoms with Gasteiger partial charge in [-0.3, -0.25) is 5.84 Å². The SMILES string of the molecule is CCCCC.CN(N)Cc1ccccc1.COC(C)c1cc(C(F)(F)F)cc(C(F)(F)F)c1. The summed E-state index contributed by atoms with van der Waals surface area (Å²) in [4.78, 5) is 0. The van der Waals surface area contributed by atoms with E-state index in [1.165, 1.54) is 38.9 Å². The summed E-state index contributed by atoms with van der Waals surface area (Å²) in [5.74, 6) is 5.46. The number of methoxy groups -OCH3 is 1. The van der Waals surface area contributed by atoms with Crippen LogP contribution in [0.1, 0.15) is 68.4 Å². The Morgan fingerprint density at radius 1 is 0.879 bits per heavy atom. The second-order valence-electron chi connectivity index (χ2n) is 7.47. The largest absolute Gasteiger partial charge is 0.416 e. The summed E-state index contributed by atoms with van der Waals surface area (Å²) in [5, 5.41) is 1.66. The van der Waals surface area contributed by atoms with Gasteiger partial charge in [0.1, 0.15) is 0 Å². The van der Waals surface area contributed by atoms with Crippen molar-refractivity contribution in [3.63, 3.8) is 0 Å². The molecule has 33 heavy (non-hydrogen) atoms. The molecule has 0 bridgehead atoms. The zero-order chi connectivity index (χ0) is 25.7. The summed E-state index contributed by atoms with van der Waals surface area (Å²) in [7, 11) is 3.06. The van der Waals surface area contributed by atoms with E-state index in [9.17, 15) is 26.3 Å². The maximum atomic E-state index is 12.5. The minimum Gasteiger partial charge on any atom is -0.377 e. The fourth-order valence-electron chi connectivity index (χ4n) is 2.57. The van der Waals surface area contributed by atoms with Gasteiger partial charge in [-0.1, -0.05) is 63.4 Å². The van der Waals surface area contributed by atoms with Crippen molar-refractivity contribution in [1.29, 1.82) is 0 Å². The average molecular weight is 481 g/mol. The first-order valence-electron chi connectivity index (χ1n) is 10.6. The van der Waals surface area contributed by atoms with Crippen LogP contribution < -0.4 is 5.84 Å². The van der Waals surface area contributed by atoms with Crippen LogP contribution in [0.4, 0.5) is 26.3 Å². The second kappa shape index (κ2) is 14.9. The van der Waals surface area contributed by atoms with Crippen LogP contribution in [-0.4, -0.2) is 19.2 Å².